The summed E-state index contributed by atoms with van der Waals surface area (Å²) in [5.74, 6) is 0.428. The molecule has 0 aromatic carbocycles. The molecule has 0 spiro atoms. The average molecular weight is 1650 g/mol. The SMILES string of the molecule is CCCCCCCCCCCCCCCCCCCC(=O)O[C@H](COC(=O)CCCCCCCCCCC(C)CC)COP(=O)(O)OC[C@H](O)COP(=O)(O)OC[C@@H](COC(=O)CCCCCCCCCCCCCCCCCCCCC(C)CC)OC(=O)CCCCCCCCCCCCCCCCCCCCC(C)CC. The molecule has 0 heterocycles. The van der Waals surface area contributed by atoms with Gasteiger partial charge in [0.05, 0.1) is 26.4 Å². The number of phosphoric acid groups is 2. The Morgan fingerprint density at radius 3 is 0.628 bits per heavy atom. The first kappa shape index (κ1) is 111. The molecule has 113 heavy (non-hydrogen) atoms. The van der Waals surface area contributed by atoms with Crippen LogP contribution in [0.1, 0.15) is 504 Å². The van der Waals surface area contributed by atoms with Crippen molar-refractivity contribution in [1.29, 1.82) is 0 Å². The van der Waals surface area contributed by atoms with Gasteiger partial charge in [0.15, 0.2) is 12.2 Å². The number of ether oxygens (including phenoxy) is 4. The van der Waals surface area contributed by atoms with E-state index in [1.54, 1.807) is 0 Å². The third-order valence-corrected chi connectivity index (χ3v) is 25.1. The van der Waals surface area contributed by atoms with Gasteiger partial charge < -0.3 is 33.8 Å². The first-order chi connectivity index (χ1) is 54.8. The van der Waals surface area contributed by atoms with Crippen LogP contribution in [0, 0.1) is 17.8 Å². The molecule has 19 heteroatoms. The van der Waals surface area contributed by atoms with E-state index in [0.717, 1.165) is 108 Å². The number of carbonyl (C=O) groups excluding carboxylic acids is 4. The Balaban J connectivity index is 5.25. The number of hydrogen-bond acceptors (Lipinski definition) is 15. The van der Waals surface area contributed by atoms with Gasteiger partial charge in [-0.05, 0) is 43.4 Å². The van der Waals surface area contributed by atoms with Crippen molar-refractivity contribution in [2.45, 2.75) is 523 Å². The largest absolute Gasteiger partial charge is 0.472 e. The Hall–Kier alpha value is -1.94. The van der Waals surface area contributed by atoms with Crippen LogP contribution < -0.4 is 0 Å². The second-order valence-corrected chi connectivity index (χ2v) is 37.4. The van der Waals surface area contributed by atoms with E-state index in [-0.39, 0.29) is 25.7 Å². The summed E-state index contributed by atoms with van der Waals surface area (Å²) in [5, 5.41) is 10.7. The number of aliphatic hydroxyl groups excluding tert-OH is 1. The molecule has 0 aromatic heterocycles. The maximum Gasteiger partial charge on any atom is 0.472 e. The van der Waals surface area contributed by atoms with Crippen LogP contribution in [0.5, 0.6) is 0 Å². The van der Waals surface area contributed by atoms with Crippen LogP contribution in [0.3, 0.4) is 0 Å². The van der Waals surface area contributed by atoms with Crippen LogP contribution in [0.25, 0.3) is 0 Å². The van der Waals surface area contributed by atoms with E-state index in [0.29, 0.717) is 25.7 Å². The summed E-state index contributed by atoms with van der Waals surface area (Å²) in [6.45, 7) is 12.2. The molecule has 3 N–H and O–H groups in total. The molecule has 0 saturated carbocycles. The number of esters is 4. The van der Waals surface area contributed by atoms with E-state index in [4.69, 9.17) is 37.0 Å². The Labute approximate surface area is 696 Å². The number of carbonyl (C=O) groups is 4. The van der Waals surface area contributed by atoms with Crippen molar-refractivity contribution in [2.75, 3.05) is 39.6 Å². The fraction of sp³-hybridized carbons (Fsp3) is 0.957. The van der Waals surface area contributed by atoms with Crippen molar-refractivity contribution >= 4 is 39.5 Å². The van der Waals surface area contributed by atoms with Crippen molar-refractivity contribution in [3.05, 3.63) is 0 Å². The van der Waals surface area contributed by atoms with Gasteiger partial charge in [0.25, 0.3) is 0 Å². The lowest BCUT2D eigenvalue weighted by Crippen LogP contribution is -2.30. The molecular formula is C94H184O17P2. The zero-order valence-electron chi connectivity index (χ0n) is 74.9. The highest BCUT2D eigenvalue weighted by atomic mass is 31.2. The highest BCUT2D eigenvalue weighted by Crippen LogP contribution is 2.45. The van der Waals surface area contributed by atoms with Gasteiger partial charge in [0.2, 0.25) is 0 Å². The third-order valence-electron chi connectivity index (χ3n) is 23.2. The molecule has 0 aliphatic carbocycles. The Bertz CT molecular complexity index is 2170. The zero-order chi connectivity index (χ0) is 82.9. The van der Waals surface area contributed by atoms with E-state index < -0.39 is 97.5 Å². The van der Waals surface area contributed by atoms with Crippen molar-refractivity contribution in [2.24, 2.45) is 17.8 Å². The van der Waals surface area contributed by atoms with Gasteiger partial charge in [-0.2, -0.15) is 0 Å². The number of aliphatic hydroxyl groups is 1. The molecule has 0 aliphatic rings. The Morgan fingerprint density at radius 2 is 0.425 bits per heavy atom. The van der Waals surface area contributed by atoms with Crippen LogP contribution in [0.4, 0.5) is 0 Å². The van der Waals surface area contributed by atoms with Gasteiger partial charge in [-0.15, -0.1) is 0 Å². The first-order valence-corrected chi connectivity index (χ1v) is 51.5. The summed E-state index contributed by atoms with van der Waals surface area (Å²) in [6.07, 6.45) is 77.7. The molecule has 0 radical (unpaired) electrons. The summed E-state index contributed by atoms with van der Waals surface area (Å²) < 4.78 is 69.2. The summed E-state index contributed by atoms with van der Waals surface area (Å²) in [5.41, 5.74) is 0. The normalized spacial score (nSPS) is 14.5. The smallest absolute Gasteiger partial charge is 0.462 e. The maximum atomic E-state index is 13.2. The van der Waals surface area contributed by atoms with Gasteiger partial charge in [-0.3, -0.25) is 37.3 Å². The van der Waals surface area contributed by atoms with E-state index in [2.05, 4.69) is 48.5 Å². The molecule has 8 atom stereocenters. The Morgan fingerprint density at radius 1 is 0.248 bits per heavy atom. The van der Waals surface area contributed by atoms with E-state index in [9.17, 15) is 43.2 Å². The number of unbranched alkanes of at least 4 members (excludes halogenated alkanes) is 57. The minimum atomic E-state index is -4.97. The molecule has 672 valence electrons. The fourth-order valence-electron chi connectivity index (χ4n) is 14.7. The summed E-state index contributed by atoms with van der Waals surface area (Å²) >= 11 is 0. The lowest BCUT2D eigenvalue weighted by atomic mass is 9.99. The van der Waals surface area contributed by atoms with Crippen LogP contribution >= 0.6 is 15.6 Å². The Kier molecular flexibility index (Phi) is 82.3. The van der Waals surface area contributed by atoms with Gasteiger partial charge in [-0.25, -0.2) is 9.13 Å². The number of rotatable bonds is 92. The van der Waals surface area contributed by atoms with Gasteiger partial charge >= 0.3 is 39.5 Å². The quantitative estimate of drug-likeness (QED) is 0.0222. The minimum Gasteiger partial charge on any atom is -0.462 e. The van der Waals surface area contributed by atoms with Crippen LogP contribution in [0.15, 0.2) is 0 Å². The number of phosphoric ester groups is 2. The summed E-state index contributed by atoms with van der Waals surface area (Å²) in [7, 11) is -9.94. The molecule has 0 aliphatic heterocycles. The third kappa shape index (κ3) is 83.5. The molecule has 17 nitrogen and oxygen atoms in total. The maximum absolute atomic E-state index is 13.2. The molecule has 0 fully saturated rings. The second kappa shape index (κ2) is 83.7. The molecule has 0 saturated heterocycles. The second-order valence-electron chi connectivity index (χ2n) is 34.5. The molecule has 0 rings (SSSR count). The van der Waals surface area contributed by atoms with Crippen molar-refractivity contribution in [3.63, 3.8) is 0 Å². The predicted octanol–water partition coefficient (Wildman–Crippen LogP) is 29.2. The topological polar surface area (TPSA) is 237 Å². The molecule has 0 amide bonds. The summed E-state index contributed by atoms with van der Waals surface area (Å²) in [4.78, 5) is 73.5. The van der Waals surface area contributed by atoms with Gasteiger partial charge in [0, 0.05) is 25.7 Å². The van der Waals surface area contributed by atoms with E-state index in [1.165, 1.54) is 315 Å². The molecule has 5 unspecified atom stereocenters. The zero-order valence-corrected chi connectivity index (χ0v) is 76.7. The molecule has 0 aromatic rings. The molecular weight excluding hydrogens is 1460 g/mol. The lowest BCUT2D eigenvalue weighted by Gasteiger charge is -2.21. The minimum absolute atomic E-state index is 0.108. The van der Waals surface area contributed by atoms with Crippen LogP contribution in [0.2, 0.25) is 0 Å². The summed E-state index contributed by atoms with van der Waals surface area (Å²) in [6, 6.07) is 0. The van der Waals surface area contributed by atoms with Crippen molar-refractivity contribution in [3.8, 4) is 0 Å². The standard InChI is InChI=1S/C94H184O17P2/c1-8-12-13-14-15-16-17-18-19-24-32-37-42-47-56-63-70-78-94(99)111-90(82-105-92(97)76-69-62-55-50-49-53-60-67-74-87(7)11-4)84-109-113(102,103)107-80-88(95)79-106-112(100,101)108-83-89(110-93(98)77-71-64-57-48-43-38-33-28-23-21-26-30-35-40-45-52-59-66-73-86(6)10-3)81-104-91(96)75-68-61-54-46-41-36-31-27-22-20-25-29-34-39-44-51-58-65-72-85(5)9-2/h85-90,95H,8-84H2,1-7H3,(H,100,101)(H,102,103)/t85?,86?,87?,88-,89-,90-/m1/s1. The predicted molar refractivity (Wildman–Crippen MR) is 469 cm³/mol. The first-order valence-electron chi connectivity index (χ1n) is 48.5. The highest BCUT2D eigenvalue weighted by molar-refractivity contribution is 7.47. The molecule has 0 bridgehead atoms. The lowest BCUT2D eigenvalue weighted by molar-refractivity contribution is -0.161. The average Bonchev–Trinajstić information content (AvgIpc) is 0.897. The van der Waals surface area contributed by atoms with Crippen molar-refractivity contribution < 1.29 is 80.2 Å². The van der Waals surface area contributed by atoms with E-state index in [1.807, 2.05) is 0 Å². The van der Waals surface area contributed by atoms with Gasteiger partial charge in [-0.1, -0.05) is 453 Å². The van der Waals surface area contributed by atoms with Gasteiger partial charge in [0.1, 0.15) is 19.3 Å². The van der Waals surface area contributed by atoms with Crippen LogP contribution in [-0.2, 0) is 65.4 Å². The monoisotopic (exact) mass is 1650 g/mol. The fourth-order valence-corrected chi connectivity index (χ4v) is 16.3. The highest BCUT2D eigenvalue weighted by Gasteiger charge is 2.31. The van der Waals surface area contributed by atoms with Crippen LogP contribution in [-0.4, -0.2) is 96.7 Å². The van der Waals surface area contributed by atoms with E-state index >= 15 is 0 Å². The number of hydrogen-bond donors (Lipinski definition) is 3. The van der Waals surface area contributed by atoms with Crippen molar-refractivity contribution in [1.82, 2.24) is 0 Å².